The van der Waals surface area contributed by atoms with Crippen LogP contribution < -0.4 is 4.90 Å². The first-order valence-electron chi connectivity index (χ1n) is 7.72. The van der Waals surface area contributed by atoms with Crippen molar-refractivity contribution in [1.82, 2.24) is 0 Å². The molecule has 1 aromatic rings. The van der Waals surface area contributed by atoms with Crippen molar-refractivity contribution in [3.05, 3.63) is 29.8 Å². The van der Waals surface area contributed by atoms with Crippen LogP contribution in [0.3, 0.4) is 0 Å². The van der Waals surface area contributed by atoms with Gasteiger partial charge in [0.05, 0.1) is 6.61 Å². The maximum absolute atomic E-state index is 11.5. The molecule has 1 fully saturated rings. The van der Waals surface area contributed by atoms with Gasteiger partial charge in [-0.1, -0.05) is 19.1 Å². The molecule has 0 unspecified atom stereocenters. The van der Waals surface area contributed by atoms with Crippen LogP contribution in [0.1, 0.15) is 38.7 Å². The number of hydrogen-bond acceptors (Lipinski definition) is 3. The Kier molecular flexibility index (Phi) is 5.45. The summed E-state index contributed by atoms with van der Waals surface area (Å²) in [5.41, 5.74) is 2.68. The largest absolute Gasteiger partial charge is 0.466 e. The highest BCUT2D eigenvalue weighted by atomic mass is 16.5. The Morgan fingerprint density at radius 1 is 1.20 bits per heavy atom. The molecule has 0 radical (unpaired) electrons. The van der Waals surface area contributed by atoms with Gasteiger partial charge in [-0.3, -0.25) is 4.79 Å². The lowest BCUT2D eigenvalue weighted by atomic mass is 9.93. The molecule has 20 heavy (non-hydrogen) atoms. The summed E-state index contributed by atoms with van der Waals surface area (Å²) in [6, 6.07) is 8.84. The second-order valence-corrected chi connectivity index (χ2v) is 5.46. The van der Waals surface area contributed by atoms with E-state index in [1.165, 1.54) is 11.3 Å². The van der Waals surface area contributed by atoms with Gasteiger partial charge in [0.15, 0.2) is 0 Å². The molecular weight excluding hydrogens is 250 g/mol. The molecule has 3 heteroatoms. The van der Waals surface area contributed by atoms with Crippen LogP contribution in [0, 0.1) is 5.92 Å². The normalized spacial score (nSPS) is 16.2. The number of hydrogen-bond donors (Lipinski definition) is 0. The number of benzene rings is 1. The molecule has 0 atom stereocenters. The zero-order chi connectivity index (χ0) is 14.4. The minimum absolute atomic E-state index is 0.0433. The molecule has 1 saturated heterocycles. The van der Waals surface area contributed by atoms with Crippen LogP contribution in [-0.4, -0.2) is 25.7 Å². The Labute approximate surface area is 121 Å². The Balaban J connectivity index is 1.82. The minimum Gasteiger partial charge on any atom is -0.466 e. The number of esters is 1. The summed E-state index contributed by atoms with van der Waals surface area (Å²) >= 11 is 0. The maximum atomic E-state index is 11.5. The number of ether oxygens (including phenoxy) is 1. The van der Waals surface area contributed by atoms with Gasteiger partial charge in [0, 0.05) is 25.2 Å². The zero-order valence-corrected chi connectivity index (χ0v) is 12.6. The summed E-state index contributed by atoms with van der Waals surface area (Å²) < 4.78 is 5.03. The van der Waals surface area contributed by atoms with Gasteiger partial charge in [-0.25, -0.2) is 0 Å². The number of anilines is 1. The fraction of sp³-hybridized carbons (Fsp3) is 0.588. The van der Waals surface area contributed by atoms with Gasteiger partial charge in [-0.05, 0) is 49.8 Å². The van der Waals surface area contributed by atoms with E-state index >= 15 is 0 Å². The van der Waals surface area contributed by atoms with Gasteiger partial charge in [-0.2, -0.15) is 0 Å². The lowest BCUT2D eigenvalue weighted by molar-refractivity contribution is -0.144. The van der Waals surface area contributed by atoms with Crippen LogP contribution in [0.5, 0.6) is 0 Å². The SMILES string of the molecule is CCOC(=O)CC1CCN(c2ccc(CC)cc2)CC1. The van der Waals surface area contributed by atoms with Crippen LogP contribution >= 0.6 is 0 Å². The number of rotatable bonds is 5. The van der Waals surface area contributed by atoms with Crippen molar-refractivity contribution >= 4 is 11.7 Å². The van der Waals surface area contributed by atoms with Crippen LogP contribution in [-0.2, 0) is 16.0 Å². The van der Waals surface area contributed by atoms with Gasteiger partial charge in [0.1, 0.15) is 0 Å². The van der Waals surface area contributed by atoms with Gasteiger partial charge in [0.2, 0.25) is 0 Å². The smallest absolute Gasteiger partial charge is 0.306 e. The number of carbonyl (C=O) groups excluding carboxylic acids is 1. The third kappa shape index (κ3) is 3.99. The fourth-order valence-corrected chi connectivity index (χ4v) is 2.79. The number of piperidine rings is 1. The lowest BCUT2D eigenvalue weighted by Gasteiger charge is -2.33. The van der Waals surface area contributed by atoms with E-state index in [-0.39, 0.29) is 5.97 Å². The molecule has 1 heterocycles. The van der Waals surface area contributed by atoms with Crippen LogP contribution in [0.25, 0.3) is 0 Å². The average molecular weight is 275 g/mol. The Morgan fingerprint density at radius 3 is 2.40 bits per heavy atom. The van der Waals surface area contributed by atoms with Crippen molar-refractivity contribution in [2.45, 2.75) is 39.5 Å². The first-order chi connectivity index (χ1) is 9.72. The standard InChI is InChI=1S/C17H25NO2/c1-3-14-5-7-16(8-6-14)18-11-9-15(10-12-18)13-17(19)20-4-2/h5-8,15H,3-4,9-13H2,1-2H3. The summed E-state index contributed by atoms with van der Waals surface area (Å²) in [6.45, 7) is 6.60. The van der Waals surface area contributed by atoms with Crippen molar-refractivity contribution in [2.24, 2.45) is 5.92 Å². The number of carbonyl (C=O) groups is 1. The topological polar surface area (TPSA) is 29.5 Å². The molecule has 1 aliphatic rings. The van der Waals surface area contributed by atoms with E-state index in [2.05, 4.69) is 36.1 Å². The third-order valence-electron chi connectivity index (χ3n) is 4.08. The minimum atomic E-state index is -0.0433. The zero-order valence-electron chi connectivity index (χ0n) is 12.6. The predicted molar refractivity (Wildman–Crippen MR) is 82.0 cm³/mol. The van der Waals surface area contributed by atoms with E-state index in [4.69, 9.17) is 4.74 Å². The Bertz CT molecular complexity index is 419. The first kappa shape index (κ1) is 14.9. The maximum Gasteiger partial charge on any atom is 0.306 e. The molecule has 0 amide bonds. The quantitative estimate of drug-likeness (QED) is 0.771. The molecule has 1 aliphatic heterocycles. The predicted octanol–water partition coefficient (Wildman–Crippen LogP) is 3.42. The Morgan fingerprint density at radius 2 is 1.85 bits per heavy atom. The summed E-state index contributed by atoms with van der Waals surface area (Å²) in [6.07, 6.45) is 3.82. The molecule has 0 saturated carbocycles. The molecule has 110 valence electrons. The molecule has 0 aromatic heterocycles. The highest BCUT2D eigenvalue weighted by Crippen LogP contribution is 2.25. The van der Waals surface area contributed by atoms with Gasteiger partial charge in [0.25, 0.3) is 0 Å². The van der Waals surface area contributed by atoms with Crippen molar-refractivity contribution in [3.63, 3.8) is 0 Å². The molecule has 1 aromatic carbocycles. The second kappa shape index (κ2) is 7.32. The molecular formula is C17H25NO2. The average Bonchev–Trinajstić information content (AvgIpc) is 2.48. The molecule has 0 spiro atoms. The van der Waals surface area contributed by atoms with Crippen molar-refractivity contribution in [3.8, 4) is 0 Å². The van der Waals surface area contributed by atoms with E-state index in [9.17, 15) is 4.79 Å². The first-order valence-corrected chi connectivity index (χ1v) is 7.72. The molecule has 0 N–H and O–H groups in total. The van der Waals surface area contributed by atoms with Crippen LogP contribution in [0.4, 0.5) is 5.69 Å². The molecule has 3 nitrogen and oxygen atoms in total. The monoisotopic (exact) mass is 275 g/mol. The summed E-state index contributed by atoms with van der Waals surface area (Å²) in [4.78, 5) is 13.9. The van der Waals surface area contributed by atoms with Gasteiger partial charge < -0.3 is 9.64 Å². The number of nitrogens with zero attached hydrogens (tertiary/aromatic N) is 1. The summed E-state index contributed by atoms with van der Waals surface area (Å²) in [5.74, 6) is 0.443. The molecule has 0 bridgehead atoms. The van der Waals surface area contributed by atoms with E-state index in [1.54, 1.807) is 0 Å². The van der Waals surface area contributed by atoms with E-state index in [0.29, 0.717) is 18.9 Å². The van der Waals surface area contributed by atoms with E-state index in [1.807, 2.05) is 6.92 Å². The van der Waals surface area contributed by atoms with Crippen molar-refractivity contribution in [2.75, 3.05) is 24.6 Å². The van der Waals surface area contributed by atoms with Crippen LogP contribution in [0.15, 0.2) is 24.3 Å². The molecule has 2 rings (SSSR count). The van der Waals surface area contributed by atoms with E-state index in [0.717, 1.165) is 32.4 Å². The molecule has 0 aliphatic carbocycles. The summed E-state index contributed by atoms with van der Waals surface area (Å²) in [5, 5.41) is 0. The highest BCUT2D eigenvalue weighted by Gasteiger charge is 2.22. The van der Waals surface area contributed by atoms with Crippen molar-refractivity contribution in [1.29, 1.82) is 0 Å². The highest BCUT2D eigenvalue weighted by molar-refractivity contribution is 5.69. The summed E-state index contributed by atoms with van der Waals surface area (Å²) in [7, 11) is 0. The van der Waals surface area contributed by atoms with Crippen LogP contribution in [0.2, 0.25) is 0 Å². The van der Waals surface area contributed by atoms with Gasteiger partial charge >= 0.3 is 5.97 Å². The number of aryl methyl sites for hydroxylation is 1. The Hall–Kier alpha value is -1.51. The van der Waals surface area contributed by atoms with Crippen molar-refractivity contribution < 1.29 is 9.53 Å². The third-order valence-corrected chi connectivity index (χ3v) is 4.08. The van der Waals surface area contributed by atoms with Gasteiger partial charge in [-0.15, -0.1) is 0 Å². The van der Waals surface area contributed by atoms with E-state index < -0.39 is 0 Å². The lowest BCUT2D eigenvalue weighted by Crippen LogP contribution is -2.34. The second-order valence-electron chi connectivity index (χ2n) is 5.46. The fourth-order valence-electron chi connectivity index (χ4n) is 2.79.